The highest BCUT2D eigenvalue weighted by atomic mass is 32.2. The van der Waals surface area contributed by atoms with Gasteiger partial charge in [-0.2, -0.15) is 4.40 Å². The van der Waals surface area contributed by atoms with Crippen LogP contribution in [0.1, 0.15) is 55.4 Å². The van der Waals surface area contributed by atoms with Crippen molar-refractivity contribution in [3.8, 4) is 0 Å². The topological polar surface area (TPSA) is 57.1 Å². The molecule has 1 unspecified atom stereocenters. The third kappa shape index (κ3) is 6.02. The number of hydrogen-bond acceptors (Lipinski definition) is 4. The highest BCUT2D eigenvalue weighted by Crippen LogP contribution is 2.38. The van der Waals surface area contributed by atoms with E-state index < -0.39 is 29.8 Å². The molecule has 0 aromatic carbocycles. The van der Waals surface area contributed by atoms with Crippen molar-refractivity contribution in [2.45, 2.75) is 96.3 Å². The molecule has 7 heteroatoms. The summed E-state index contributed by atoms with van der Waals surface area (Å²) >= 11 is 0. The number of rotatable bonds is 5. The van der Waals surface area contributed by atoms with Crippen molar-refractivity contribution in [3.63, 3.8) is 0 Å². The minimum absolute atomic E-state index is 0.0667. The first-order valence-corrected chi connectivity index (χ1v) is 12.5. The molecule has 0 aliphatic carbocycles. The normalized spacial score (nSPS) is 25.2. The van der Waals surface area contributed by atoms with E-state index in [1.54, 1.807) is 6.21 Å². The molecule has 1 aliphatic rings. The van der Waals surface area contributed by atoms with E-state index in [2.05, 4.69) is 38.3 Å². The Kier molecular flexibility index (Phi) is 6.65. The van der Waals surface area contributed by atoms with E-state index in [-0.39, 0.29) is 17.2 Å². The maximum Gasteiger partial charge on any atom is 0.193 e. The van der Waals surface area contributed by atoms with Crippen molar-refractivity contribution in [2.24, 2.45) is 4.40 Å². The lowest BCUT2D eigenvalue weighted by Crippen LogP contribution is -2.48. The Hall–Kier alpha value is -0.0831. The first-order valence-electron chi connectivity index (χ1n) is 8.51. The summed E-state index contributed by atoms with van der Waals surface area (Å²) in [6, 6.07) is 0. The monoisotopic (exact) mass is 377 g/mol. The summed E-state index contributed by atoms with van der Waals surface area (Å²) < 4.78 is 34.3. The standard InChI is InChI=1S/C17H35NO4SSi/c1-15(2,3)23(19)18-11-13(14-12-20-17(7,8)21-14)22-24(9,10)16(4,5)6/h11,13-14H,12H2,1-10H3/b18-11+/t13-,14-,23?/m0/s1. The second kappa shape index (κ2) is 7.27. The number of ether oxygens (including phenoxy) is 2. The Morgan fingerprint density at radius 3 is 2.17 bits per heavy atom. The van der Waals surface area contributed by atoms with Gasteiger partial charge in [-0.05, 0) is 52.8 Å². The molecule has 1 aliphatic heterocycles. The summed E-state index contributed by atoms with van der Waals surface area (Å²) in [6.45, 7) is 20.9. The van der Waals surface area contributed by atoms with Crippen molar-refractivity contribution in [1.29, 1.82) is 0 Å². The summed E-state index contributed by atoms with van der Waals surface area (Å²) in [5.74, 6) is -0.628. The second-order valence-electron chi connectivity index (χ2n) is 9.33. The summed E-state index contributed by atoms with van der Waals surface area (Å²) in [5.41, 5.74) is 0. The first kappa shape index (κ1) is 22.0. The van der Waals surface area contributed by atoms with Crippen LogP contribution in [0.15, 0.2) is 4.40 Å². The minimum Gasteiger partial charge on any atom is -0.406 e. The zero-order valence-electron chi connectivity index (χ0n) is 16.9. The van der Waals surface area contributed by atoms with Gasteiger partial charge in [-0.15, -0.1) is 0 Å². The molecule has 0 N–H and O–H groups in total. The van der Waals surface area contributed by atoms with Gasteiger partial charge in [0.15, 0.2) is 14.1 Å². The first-order chi connectivity index (χ1) is 10.6. The predicted octanol–water partition coefficient (Wildman–Crippen LogP) is 4.06. The van der Waals surface area contributed by atoms with E-state index >= 15 is 0 Å². The molecule has 1 rings (SSSR count). The fourth-order valence-corrected chi connectivity index (χ4v) is 3.66. The summed E-state index contributed by atoms with van der Waals surface area (Å²) in [7, 11) is -3.34. The van der Waals surface area contributed by atoms with Crippen LogP contribution in [0.25, 0.3) is 0 Å². The van der Waals surface area contributed by atoms with Gasteiger partial charge in [-0.25, -0.2) is 4.21 Å². The van der Waals surface area contributed by atoms with E-state index in [0.29, 0.717) is 6.61 Å². The molecule has 0 bridgehead atoms. The molecule has 0 saturated carbocycles. The average Bonchev–Trinajstić information content (AvgIpc) is 2.71. The Morgan fingerprint density at radius 2 is 1.79 bits per heavy atom. The largest absolute Gasteiger partial charge is 0.406 e. The van der Waals surface area contributed by atoms with E-state index in [1.807, 2.05) is 34.6 Å². The molecule has 5 nitrogen and oxygen atoms in total. The molecule has 24 heavy (non-hydrogen) atoms. The zero-order chi connectivity index (χ0) is 19.0. The molecule has 142 valence electrons. The van der Waals surface area contributed by atoms with Crippen LogP contribution in [-0.4, -0.2) is 48.1 Å². The average molecular weight is 378 g/mol. The summed E-state index contributed by atoms with van der Waals surface area (Å²) in [6.07, 6.45) is 1.06. The molecule has 1 saturated heterocycles. The zero-order valence-corrected chi connectivity index (χ0v) is 18.7. The number of nitrogens with zero attached hydrogens (tertiary/aromatic N) is 1. The Bertz CT molecular complexity index is 492. The van der Waals surface area contributed by atoms with Crippen molar-refractivity contribution in [2.75, 3.05) is 6.61 Å². The molecule has 0 radical (unpaired) electrons. The fourth-order valence-electron chi connectivity index (χ4n) is 1.87. The van der Waals surface area contributed by atoms with Gasteiger partial charge >= 0.3 is 0 Å². The van der Waals surface area contributed by atoms with Gasteiger partial charge in [-0.1, -0.05) is 20.8 Å². The third-order valence-corrected chi connectivity index (χ3v) is 10.3. The van der Waals surface area contributed by atoms with Crippen LogP contribution >= 0.6 is 0 Å². The van der Waals surface area contributed by atoms with Gasteiger partial charge in [-0.3, -0.25) is 0 Å². The quantitative estimate of drug-likeness (QED) is 0.535. The van der Waals surface area contributed by atoms with Crippen LogP contribution in [0.3, 0.4) is 0 Å². The van der Waals surface area contributed by atoms with E-state index in [0.717, 1.165) is 0 Å². The van der Waals surface area contributed by atoms with Crippen LogP contribution in [-0.2, 0) is 24.9 Å². The van der Waals surface area contributed by atoms with Crippen LogP contribution in [0.2, 0.25) is 18.1 Å². The lowest BCUT2D eigenvalue weighted by atomic mass is 10.2. The molecular weight excluding hydrogens is 342 g/mol. The van der Waals surface area contributed by atoms with Gasteiger partial charge in [0.25, 0.3) is 0 Å². The number of hydrogen-bond donors (Lipinski definition) is 0. The molecule has 1 fully saturated rings. The smallest absolute Gasteiger partial charge is 0.193 e. The van der Waals surface area contributed by atoms with Gasteiger partial charge in [0.05, 0.1) is 11.4 Å². The SMILES string of the molecule is CC1(C)OC[C@@H]([C@H](/C=N/S(=O)C(C)(C)C)O[Si](C)(C)C(C)(C)C)O1. The van der Waals surface area contributed by atoms with Gasteiger partial charge in [0, 0.05) is 6.21 Å². The molecular formula is C17H35NO4SSi. The molecule has 1 heterocycles. The van der Waals surface area contributed by atoms with Crippen molar-refractivity contribution >= 4 is 25.5 Å². The van der Waals surface area contributed by atoms with Crippen LogP contribution in [0, 0.1) is 0 Å². The van der Waals surface area contributed by atoms with Gasteiger partial charge in [0.2, 0.25) is 0 Å². The minimum atomic E-state index is -2.03. The highest BCUT2D eigenvalue weighted by molar-refractivity contribution is 7.85. The summed E-state index contributed by atoms with van der Waals surface area (Å²) in [4.78, 5) is 0. The second-order valence-corrected chi connectivity index (χ2v) is 16.0. The maximum atomic E-state index is 12.3. The maximum absolute atomic E-state index is 12.3. The van der Waals surface area contributed by atoms with E-state index in [9.17, 15) is 4.21 Å². The fraction of sp³-hybridized carbons (Fsp3) is 0.941. The lowest BCUT2D eigenvalue weighted by molar-refractivity contribution is -0.144. The van der Waals surface area contributed by atoms with Gasteiger partial charge in [0.1, 0.15) is 23.2 Å². The third-order valence-electron chi connectivity index (χ3n) is 4.46. The Morgan fingerprint density at radius 1 is 1.25 bits per heavy atom. The molecule has 0 aromatic rings. The molecule has 3 atom stereocenters. The summed E-state index contributed by atoms with van der Waals surface area (Å²) in [5, 5.41) is 0.0667. The molecule has 0 aromatic heterocycles. The Labute approximate surface area is 151 Å². The van der Waals surface area contributed by atoms with E-state index in [1.165, 1.54) is 0 Å². The lowest BCUT2D eigenvalue weighted by Gasteiger charge is -2.39. The van der Waals surface area contributed by atoms with Crippen LogP contribution < -0.4 is 0 Å². The van der Waals surface area contributed by atoms with Crippen molar-refractivity contribution < 1.29 is 18.1 Å². The molecule has 0 amide bonds. The van der Waals surface area contributed by atoms with Gasteiger partial charge < -0.3 is 13.9 Å². The van der Waals surface area contributed by atoms with E-state index in [4.69, 9.17) is 13.9 Å². The Balaban J connectivity index is 3.01. The van der Waals surface area contributed by atoms with Crippen LogP contribution in [0.5, 0.6) is 0 Å². The highest BCUT2D eigenvalue weighted by Gasteiger charge is 2.44. The molecule has 0 spiro atoms. The van der Waals surface area contributed by atoms with Crippen LogP contribution in [0.4, 0.5) is 0 Å². The van der Waals surface area contributed by atoms with Crippen molar-refractivity contribution in [1.82, 2.24) is 0 Å². The predicted molar refractivity (Wildman–Crippen MR) is 103 cm³/mol. The van der Waals surface area contributed by atoms with Crippen molar-refractivity contribution in [3.05, 3.63) is 0 Å².